The van der Waals surface area contributed by atoms with Crippen LogP contribution in [0.3, 0.4) is 0 Å². The van der Waals surface area contributed by atoms with Gasteiger partial charge in [-0.25, -0.2) is 4.98 Å². The van der Waals surface area contributed by atoms with Crippen molar-refractivity contribution in [1.82, 2.24) is 9.97 Å². The monoisotopic (exact) mass is 247 g/mol. The molecule has 2 heterocycles. The molecule has 2 aromatic heterocycles. The molecule has 0 aliphatic rings. The van der Waals surface area contributed by atoms with E-state index in [1.165, 1.54) is 0 Å². The van der Waals surface area contributed by atoms with Crippen LogP contribution in [0.15, 0.2) is 54.7 Å². The van der Waals surface area contributed by atoms with E-state index in [1.54, 1.807) is 24.4 Å². The van der Waals surface area contributed by atoms with Crippen LogP contribution in [0.25, 0.3) is 10.9 Å². The molecule has 0 spiro atoms. The van der Waals surface area contributed by atoms with E-state index in [2.05, 4.69) is 9.97 Å². The lowest BCUT2D eigenvalue weighted by Gasteiger charge is -2.05. The maximum absolute atomic E-state index is 8.79. The highest BCUT2D eigenvalue weighted by molar-refractivity contribution is 5.79. The van der Waals surface area contributed by atoms with Gasteiger partial charge in [-0.05, 0) is 30.3 Å². The van der Waals surface area contributed by atoms with Crippen LogP contribution >= 0.6 is 0 Å². The summed E-state index contributed by atoms with van der Waals surface area (Å²) in [4.78, 5) is 8.31. The molecule has 0 amide bonds. The second kappa shape index (κ2) is 4.75. The number of hydrogen-bond donors (Lipinski definition) is 0. The van der Waals surface area contributed by atoms with Gasteiger partial charge in [0.2, 0.25) is 5.88 Å². The van der Waals surface area contributed by atoms with E-state index in [9.17, 15) is 0 Å². The summed E-state index contributed by atoms with van der Waals surface area (Å²) in [5, 5.41) is 9.79. The molecule has 1 aromatic carbocycles. The second-order valence-electron chi connectivity index (χ2n) is 3.93. The van der Waals surface area contributed by atoms with Crippen molar-refractivity contribution in [3.63, 3.8) is 0 Å². The van der Waals surface area contributed by atoms with Crippen molar-refractivity contribution in [2.24, 2.45) is 0 Å². The molecule has 0 N–H and O–H groups in total. The largest absolute Gasteiger partial charge is 0.439 e. The molecule has 0 atom stereocenters. The molecule has 19 heavy (non-hydrogen) atoms. The first-order chi connectivity index (χ1) is 9.35. The fourth-order valence-electron chi connectivity index (χ4n) is 1.77. The average Bonchev–Trinajstić information content (AvgIpc) is 2.47. The van der Waals surface area contributed by atoms with Gasteiger partial charge in [-0.2, -0.15) is 5.26 Å². The molecular formula is C15H9N3O. The van der Waals surface area contributed by atoms with Gasteiger partial charge in [0.15, 0.2) is 0 Å². The maximum atomic E-state index is 8.79. The Hall–Kier alpha value is -2.93. The van der Waals surface area contributed by atoms with Gasteiger partial charge in [-0.1, -0.05) is 12.1 Å². The second-order valence-corrected chi connectivity index (χ2v) is 3.93. The number of fused-ring (bicyclic) bond motifs is 1. The number of benzene rings is 1. The maximum Gasteiger partial charge on any atom is 0.220 e. The van der Waals surface area contributed by atoms with Crippen LogP contribution in [0.1, 0.15) is 5.69 Å². The number of nitriles is 1. The Kier molecular flexibility index (Phi) is 2.79. The lowest BCUT2D eigenvalue weighted by atomic mass is 10.2. The number of aromatic nitrogens is 2. The molecule has 4 heteroatoms. The zero-order chi connectivity index (χ0) is 13.1. The summed E-state index contributed by atoms with van der Waals surface area (Å²) in [5.74, 6) is 1.07. The molecule has 90 valence electrons. The van der Waals surface area contributed by atoms with Gasteiger partial charge < -0.3 is 4.74 Å². The van der Waals surface area contributed by atoms with Gasteiger partial charge in [0, 0.05) is 17.6 Å². The van der Waals surface area contributed by atoms with Crippen molar-refractivity contribution in [2.45, 2.75) is 0 Å². The molecule has 0 saturated carbocycles. The van der Waals surface area contributed by atoms with E-state index in [4.69, 9.17) is 10.00 Å². The summed E-state index contributed by atoms with van der Waals surface area (Å²) in [6.07, 6.45) is 1.75. The predicted molar refractivity (Wildman–Crippen MR) is 70.8 cm³/mol. The Bertz CT molecular complexity index is 777. The molecule has 0 aliphatic heterocycles. The Morgan fingerprint density at radius 3 is 2.89 bits per heavy atom. The van der Waals surface area contributed by atoms with Gasteiger partial charge in [0.05, 0.1) is 5.52 Å². The van der Waals surface area contributed by atoms with Gasteiger partial charge in [0.1, 0.15) is 17.5 Å². The lowest BCUT2D eigenvalue weighted by molar-refractivity contribution is 0.463. The van der Waals surface area contributed by atoms with E-state index >= 15 is 0 Å². The Labute approximate surface area is 109 Å². The normalized spacial score (nSPS) is 10.1. The molecular weight excluding hydrogens is 238 g/mol. The number of hydrogen-bond acceptors (Lipinski definition) is 4. The van der Waals surface area contributed by atoms with Crippen LogP contribution in [0, 0.1) is 11.3 Å². The molecule has 3 rings (SSSR count). The Morgan fingerprint density at radius 1 is 1.05 bits per heavy atom. The fourth-order valence-corrected chi connectivity index (χ4v) is 1.77. The van der Waals surface area contributed by atoms with Crippen LogP contribution in [0.5, 0.6) is 11.6 Å². The number of pyridine rings is 2. The van der Waals surface area contributed by atoms with Gasteiger partial charge in [-0.15, -0.1) is 0 Å². The summed E-state index contributed by atoms with van der Waals surface area (Å²) in [5.41, 5.74) is 1.24. The average molecular weight is 247 g/mol. The molecule has 0 radical (unpaired) electrons. The first-order valence-corrected chi connectivity index (χ1v) is 5.75. The molecule has 0 saturated heterocycles. The SMILES string of the molecule is N#Cc1cccc(Oc2ccc3ncccc3c2)n1. The summed E-state index contributed by atoms with van der Waals surface area (Å²) in [6, 6.07) is 16.5. The van der Waals surface area contributed by atoms with E-state index in [0.717, 1.165) is 10.9 Å². The van der Waals surface area contributed by atoms with Crippen molar-refractivity contribution < 1.29 is 4.74 Å². The van der Waals surface area contributed by atoms with Crippen molar-refractivity contribution >= 4 is 10.9 Å². The predicted octanol–water partition coefficient (Wildman–Crippen LogP) is 3.29. The van der Waals surface area contributed by atoms with Crippen LogP contribution in [-0.4, -0.2) is 9.97 Å². The summed E-state index contributed by atoms with van der Waals surface area (Å²) >= 11 is 0. The topological polar surface area (TPSA) is 58.8 Å². The first-order valence-electron chi connectivity index (χ1n) is 5.75. The third-order valence-electron chi connectivity index (χ3n) is 2.63. The highest BCUT2D eigenvalue weighted by atomic mass is 16.5. The summed E-state index contributed by atoms with van der Waals surface area (Å²) < 4.78 is 5.64. The van der Waals surface area contributed by atoms with Gasteiger partial charge >= 0.3 is 0 Å². The molecule has 0 bridgehead atoms. The molecule has 4 nitrogen and oxygen atoms in total. The van der Waals surface area contributed by atoms with E-state index < -0.39 is 0 Å². The van der Waals surface area contributed by atoms with Crippen molar-refractivity contribution in [3.05, 3.63) is 60.4 Å². The van der Waals surface area contributed by atoms with Crippen molar-refractivity contribution in [2.75, 3.05) is 0 Å². The highest BCUT2D eigenvalue weighted by Crippen LogP contribution is 2.23. The van der Waals surface area contributed by atoms with Crippen LogP contribution in [0.2, 0.25) is 0 Å². The summed E-state index contributed by atoms with van der Waals surface area (Å²) in [6.45, 7) is 0. The quantitative estimate of drug-likeness (QED) is 0.697. The number of rotatable bonds is 2. The lowest BCUT2D eigenvalue weighted by Crippen LogP contribution is -1.90. The third kappa shape index (κ3) is 2.35. The Balaban J connectivity index is 1.94. The smallest absolute Gasteiger partial charge is 0.220 e. The number of nitrogens with zero attached hydrogens (tertiary/aromatic N) is 3. The van der Waals surface area contributed by atoms with Gasteiger partial charge in [0.25, 0.3) is 0 Å². The molecule has 0 unspecified atom stereocenters. The number of ether oxygens (including phenoxy) is 1. The van der Waals surface area contributed by atoms with Gasteiger partial charge in [-0.3, -0.25) is 4.98 Å². The minimum absolute atomic E-state index is 0.333. The standard InChI is InChI=1S/C15H9N3O/c16-10-12-4-1-5-15(18-12)19-13-6-7-14-11(9-13)3-2-8-17-14/h1-9H. The third-order valence-corrected chi connectivity index (χ3v) is 2.63. The van der Waals surface area contributed by atoms with Crippen molar-refractivity contribution in [3.8, 4) is 17.7 Å². The first kappa shape index (κ1) is 11.2. The minimum Gasteiger partial charge on any atom is -0.439 e. The Morgan fingerprint density at radius 2 is 2.00 bits per heavy atom. The minimum atomic E-state index is 0.333. The highest BCUT2D eigenvalue weighted by Gasteiger charge is 2.02. The van der Waals surface area contributed by atoms with E-state index in [1.807, 2.05) is 36.4 Å². The zero-order valence-electron chi connectivity index (χ0n) is 9.95. The molecule has 3 aromatic rings. The summed E-state index contributed by atoms with van der Waals surface area (Å²) in [7, 11) is 0. The molecule has 0 aliphatic carbocycles. The zero-order valence-corrected chi connectivity index (χ0v) is 9.95. The van der Waals surface area contributed by atoms with E-state index in [-0.39, 0.29) is 0 Å². The molecule has 0 fully saturated rings. The van der Waals surface area contributed by atoms with E-state index in [0.29, 0.717) is 17.3 Å². The van der Waals surface area contributed by atoms with Crippen LogP contribution in [-0.2, 0) is 0 Å². The van der Waals surface area contributed by atoms with Crippen LogP contribution in [0.4, 0.5) is 0 Å². The van der Waals surface area contributed by atoms with Crippen LogP contribution < -0.4 is 4.74 Å². The fraction of sp³-hybridized carbons (Fsp3) is 0. The van der Waals surface area contributed by atoms with Crippen molar-refractivity contribution in [1.29, 1.82) is 5.26 Å².